The van der Waals surface area contributed by atoms with Gasteiger partial charge >= 0.3 is 0 Å². The van der Waals surface area contributed by atoms with Gasteiger partial charge in [-0.3, -0.25) is 9.97 Å². The average Bonchev–Trinajstić information content (AvgIpc) is 2.95. The predicted molar refractivity (Wildman–Crippen MR) is 144 cm³/mol. The number of rotatable bonds is 8. The maximum atomic E-state index is 14.4. The van der Waals surface area contributed by atoms with Crippen LogP contribution in [0.5, 0.6) is 5.75 Å². The van der Waals surface area contributed by atoms with Gasteiger partial charge in [-0.2, -0.15) is 5.11 Å². The summed E-state index contributed by atoms with van der Waals surface area (Å²) < 4.78 is 14.4. The molecule has 3 aromatic heterocycles. The summed E-state index contributed by atoms with van der Waals surface area (Å²) in [5, 5.41) is 21.2. The molecule has 0 unspecified atom stereocenters. The van der Waals surface area contributed by atoms with E-state index < -0.39 is 5.82 Å². The van der Waals surface area contributed by atoms with Gasteiger partial charge in [-0.05, 0) is 65.6 Å². The lowest BCUT2D eigenvalue weighted by Crippen LogP contribution is -1.96. The summed E-state index contributed by atoms with van der Waals surface area (Å²) in [7, 11) is 0. The van der Waals surface area contributed by atoms with Gasteiger partial charge in [0.1, 0.15) is 18.0 Å². The Labute approximate surface area is 219 Å². The summed E-state index contributed by atoms with van der Waals surface area (Å²) in [5.74, 6) is -0.211. The number of benzene rings is 2. The van der Waals surface area contributed by atoms with E-state index in [1.165, 1.54) is 0 Å². The molecule has 2 N–H and O–H groups in total. The van der Waals surface area contributed by atoms with E-state index in [1.54, 1.807) is 36.8 Å². The first-order valence-corrected chi connectivity index (χ1v) is 12.0. The molecule has 9 heteroatoms. The van der Waals surface area contributed by atoms with E-state index in [1.807, 2.05) is 55.5 Å². The molecule has 0 saturated carbocycles. The van der Waals surface area contributed by atoms with Crippen LogP contribution in [0.25, 0.3) is 22.4 Å². The van der Waals surface area contributed by atoms with Crippen LogP contribution in [0.15, 0.2) is 102 Å². The number of phenols is 1. The smallest absolute Gasteiger partial charge is 0.269 e. The highest BCUT2D eigenvalue weighted by Crippen LogP contribution is 2.27. The minimum absolute atomic E-state index is 0.0766. The van der Waals surface area contributed by atoms with Crippen LogP contribution in [-0.4, -0.2) is 25.0 Å². The highest BCUT2D eigenvalue weighted by molar-refractivity contribution is 5.69. The number of nitrogens with one attached hydrogen (secondary N) is 1. The molecule has 3 heterocycles. The molecule has 188 valence electrons. The van der Waals surface area contributed by atoms with Gasteiger partial charge in [-0.25, -0.2) is 14.4 Å². The van der Waals surface area contributed by atoms with Crippen molar-refractivity contribution in [1.29, 1.82) is 0 Å². The molecule has 0 fully saturated rings. The van der Waals surface area contributed by atoms with Gasteiger partial charge in [0.15, 0.2) is 5.82 Å². The third-order valence-corrected chi connectivity index (χ3v) is 5.84. The van der Waals surface area contributed by atoms with Crippen LogP contribution in [0, 0.1) is 5.82 Å². The van der Waals surface area contributed by atoms with E-state index in [0.29, 0.717) is 17.7 Å². The third kappa shape index (κ3) is 5.84. The molecule has 5 rings (SSSR count). The van der Waals surface area contributed by atoms with E-state index in [-0.39, 0.29) is 23.9 Å². The third-order valence-electron chi connectivity index (χ3n) is 5.84. The number of hydrogen-bond acceptors (Lipinski definition) is 8. The molecule has 38 heavy (non-hydrogen) atoms. The van der Waals surface area contributed by atoms with E-state index in [9.17, 15) is 9.50 Å². The maximum absolute atomic E-state index is 14.4. The van der Waals surface area contributed by atoms with Crippen molar-refractivity contribution in [2.75, 3.05) is 5.32 Å². The number of nitrogens with zero attached hydrogens (tertiary/aromatic N) is 6. The topological polar surface area (TPSA) is 109 Å². The number of azo groups is 1. The van der Waals surface area contributed by atoms with Gasteiger partial charge in [-0.1, -0.05) is 31.2 Å². The lowest BCUT2D eigenvalue weighted by atomic mass is 10.1. The van der Waals surface area contributed by atoms with Gasteiger partial charge in [0.2, 0.25) is 0 Å². The Kier molecular flexibility index (Phi) is 7.35. The molecule has 0 amide bonds. The second kappa shape index (κ2) is 11.3. The van der Waals surface area contributed by atoms with Crippen LogP contribution in [0.2, 0.25) is 0 Å². The fourth-order valence-corrected chi connectivity index (χ4v) is 3.90. The Balaban J connectivity index is 1.21. The van der Waals surface area contributed by atoms with Crippen molar-refractivity contribution < 1.29 is 9.50 Å². The number of anilines is 2. The number of phenolic OH excluding ortho intramolecular Hbond substituents is 1. The fourth-order valence-electron chi connectivity index (χ4n) is 3.90. The van der Waals surface area contributed by atoms with Crippen LogP contribution in [0.3, 0.4) is 0 Å². The van der Waals surface area contributed by atoms with Crippen LogP contribution in [0.4, 0.5) is 21.7 Å². The molecule has 0 bridgehead atoms. The standard InChI is InChI=1S/C29H24FN7O/c1-2-19-15-31-13-12-26(19)28-27(30)18-33-29(36-28)37-34-17-23-10-11-24(16-32-23)35-22-8-6-20(7-9-22)21-4-3-5-25(38)14-21/h3-16,18,35,38H,2,17H2,1H3. The Morgan fingerprint density at radius 1 is 0.895 bits per heavy atom. The van der Waals surface area contributed by atoms with Crippen LogP contribution >= 0.6 is 0 Å². The molecule has 0 saturated heterocycles. The van der Waals surface area contributed by atoms with Crippen molar-refractivity contribution in [3.8, 4) is 28.1 Å². The molecular formula is C29H24FN7O. The summed E-state index contributed by atoms with van der Waals surface area (Å²) in [6, 6.07) is 20.5. The second-order valence-electron chi connectivity index (χ2n) is 8.44. The minimum atomic E-state index is -0.524. The monoisotopic (exact) mass is 505 g/mol. The Bertz CT molecular complexity index is 1570. The predicted octanol–water partition coefficient (Wildman–Crippen LogP) is 7.04. The summed E-state index contributed by atoms with van der Waals surface area (Å²) in [5.41, 5.74) is 6.13. The maximum Gasteiger partial charge on any atom is 0.269 e. The molecule has 0 aliphatic rings. The molecule has 8 nitrogen and oxygen atoms in total. The molecule has 0 aliphatic carbocycles. The number of pyridine rings is 2. The lowest BCUT2D eigenvalue weighted by Gasteiger charge is -2.08. The zero-order valence-electron chi connectivity index (χ0n) is 20.6. The number of hydrogen-bond donors (Lipinski definition) is 2. The van der Waals surface area contributed by atoms with Gasteiger partial charge in [0.25, 0.3) is 5.95 Å². The van der Waals surface area contributed by atoms with Gasteiger partial charge < -0.3 is 10.4 Å². The SMILES string of the molecule is CCc1cnccc1-c1nc(N=NCc2ccc(Nc3ccc(-c4cccc(O)c4)cc3)cn2)ncc1F. The zero-order chi connectivity index (χ0) is 26.3. The summed E-state index contributed by atoms with van der Waals surface area (Å²) >= 11 is 0. The van der Waals surface area contributed by atoms with Crippen molar-refractivity contribution in [3.05, 3.63) is 109 Å². The lowest BCUT2D eigenvalue weighted by molar-refractivity contribution is 0.475. The van der Waals surface area contributed by atoms with E-state index in [4.69, 9.17) is 0 Å². The van der Waals surface area contributed by atoms with Gasteiger partial charge in [-0.15, -0.1) is 5.11 Å². The van der Waals surface area contributed by atoms with E-state index in [0.717, 1.165) is 34.3 Å². The number of aromatic nitrogens is 4. The van der Waals surface area contributed by atoms with Crippen molar-refractivity contribution in [3.63, 3.8) is 0 Å². The van der Waals surface area contributed by atoms with Crippen LogP contribution in [0.1, 0.15) is 18.2 Å². The molecule has 0 aliphatic heterocycles. The normalized spacial score (nSPS) is 11.1. The van der Waals surface area contributed by atoms with Crippen molar-refractivity contribution in [1.82, 2.24) is 19.9 Å². The summed E-state index contributed by atoms with van der Waals surface area (Å²) in [6.07, 6.45) is 6.83. The molecule has 5 aromatic rings. The Morgan fingerprint density at radius 2 is 1.74 bits per heavy atom. The van der Waals surface area contributed by atoms with Crippen molar-refractivity contribution in [2.45, 2.75) is 19.9 Å². The average molecular weight is 506 g/mol. The summed E-state index contributed by atoms with van der Waals surface area (Å²) in [4.78, 5) is 16.7. The number of aryl methyl sites for hydroxylation is 1. The van der Waals surface area contributed by atoms with Gasteiger partial charge in [0.05, 0.1) is 23.8 Å². The number of halogens is 1. The van der Waals surface area contributed by atoms with Crippen molar-refractivity contribution in [2.24, 2.45) is 10.2 Å². The second-order valence-corrected chi connectivity index (χ2v) is 8.44. The fraction of sp³-hybridized carbons (Fsp3) is 0.103. The highest BCUT2D eigenvalue weighted by Gasteiger charge is 2.12. The minimum Gasteiger partial charge on any atom is -0.508 e. The molecule has 2 aromatic carbocycles. The summed E-state index contributed by atoms with van der Waals surface area (Å²) in [6.45, 7) is 2.20. The quantitative estimate of drug-likeness (QED) is 0.219. The largest absolute Gasteiger partial charge is 0.508 e. The first-order chi connectivity index (χ1) is 18.6. The molecule has 0 radical (unpaired) electrons. The first-order valence-electron chi connectivity index (χ1n) is 12.0. The number of aromatic hydroxyl groups is 1. The van der Waals surface area contributed by atoms with E-state index >= 15 is 0 Å². The van der Waals surface area contributed by atoms with Crippen molar-refractivity contribution >= 4 is 17.3 Å². The highest BCUT2D eigenvalue weighted by atomic mass is 19.1. The van der Waals surface area contributed by atoms with Crippen LogP contribution in [-0.2, 0) is 13.0 Å². The van der Waals surface area contributed by atoms with E-state index in [2.05, 4.69) is 35.5 Å². The van der Waals surface area contributed by atoms with Gasteiger partial charge in [0, 0.05) is 23.6 Å². The molecule has 0 spiro atoms. The molecular weight excluding hydrogens is 481 g/mol. The zero-order valence-corrected chi connectivity index (χ0v) is 20.6. The molecule has 0 atom stereocenters. The Hall–Kier alpha value is -5.05. The Morgan fingerprint density at radius 3 is 2.50 bits per heavy atom. The first kappa shape index (κ1) is 24.6. The van der Waals surface area contributed by atoms with Crippen LogP contribution < -0.4 is 5.32 Å².